The first-order valence-corrected chi connectivity index (χ1v) is 9.70. The molecule has 0 aliphatic carbocycles. The quantitative estimate of drug-likeness (QED) is 0.658. The Kier molecular flexibility index (Phi) is 5.21. The molecule has 29 heavy (non-hydrogen) atoms. The standard InChI is InChI=1S/C21H24F3N5/c1-27-11-15(17-7-3-4-8-18(17)27)12-29-9-5-6-16(13-29)28(2)20-10-19(21(22,23)24)25-14-26-20/h3-4,7-8,10-11,14,16H,5-6,9,12-13H2,1-2H3. The van der Waals surface area contributed by atoms with Crippen molar-refractivity contribution in [2.45, 2.75) is 31.6 Å². The summed E-state index contributed by atoms with van der Waals surface area (Å²) in [5.74, 6) is 0.310. The van der Waals surface area contributed by atoms with Crippen molar-refractivity contribution in [3.63, 3.8) is 0 Å². The van der Waals surface area contributed by atoms with E-state index < -0.39 is 11.9 Å². The van der Waals surface area contributed by atoms with E-state index in [0.717, 1.165) is 44.9 Å². The Morgan fingerprint density at radius 2 is 2.00 bits per heavy atom. The Hall–Kier alpha value is -2.61. The molecule has 1 aliphatic heterocycles. The molecule has 1 saturated heterocycles. The van der Waals surface area contributed by atoms with Gasteiger partial charge in [-0.05, 0) is 31.0 Å². The Balaban J connectivity index is 1.49. The van der Waals surface area contributed by atoms with E-state index in [0.29, 0.717) is 5.82 Å². The second kappa shape index (κ2) is 7.67. The number of nitrogens with zero attached hydrogens (tertiary/aromatic N) is 5. The van der Waals surface area contributed by atoms with Gasteiger partial charge in [-0.15, -0.1) is 0 Å². The lowest BCUT2D eigenvalue weighted by molar-refractivity contribution is -0.141. The van der Waals surface area contributed by atoms with Crippen LogP contribution in [-0.2, 0) is 19.8 Å². The lowest BCUT2D eigenvalue weighted by atomic mass is 10.0. The SMILES string of the molecule is CN(c1cc(C(F)(F)F)ncn1)C1CCCN(Cc2cn(C)c3ccccc23)C1. The van der Waals surface area contributed by atoms with Crippen molar-refractivity contribution in [1.82, 2.24) is 19.4 Å². The van der Waals surface area contributed by atoms with Gasteiger partial charge in [0.1, 0.15) is 17.8 Å². The average molecular weight is 403 g/mol. The van der Waals surface area contributed by atoms with Crippen molar-refractivity contribution >= 4 is 16.7 Å². The van der Waals surface area contributed by atoms with E-state index in [2.05, 4.69) is 37.8 Å². The van der Waals surface area contributed by atoms with Crippen LogP contribution in [0.2, 0.25) is 0 Å². The summed E-state index contributed by atoms with van der Waals surface area (Å²) in [5, 5.41) is 1.25. The smallest absolute Gasteiger partial charge is 0.355 e. The van der Waals surface area contributed by atoms with Gasteiger partial charge in [-0.1, -0.05) is 18.2 Å². The topological polar surface area (TPSA) is 37.2 Å². The Labute approximate surface area is 167 Å². The van der Waals surface area contributed by atoms with Gasteiger partial charge in [-0.25, -0.2) is 9.97 Å². The fourth-order valence-electron chi connectivity index (χ4n) is 4.17. The highest BCUT2D eigenvalue weighted by molar-refractivity contribution is 5.83. The third-order valence-electron chi connectivity index (χ3n) is 5.71. The maximum Gasteiger partial charge on any atom is 0.433 e. The number of alkyl halides is 3. The molecule has 4 rings (SSSR count). The number of likely N-dealkylation sites (tertiary alicyclic amines) is 1. The molecule has 0 N–H and O–H groups in total. The number of anilines is 1. The molecule has 0 spiro atoms. The number of halogens is 3. The van der Waals surface area contributed by atoms with Gasteiger partial charge in [-0.2, -0.15) is 13.2 Å². The second-order valence-corrected chi connectivity index (χ2v) is 7.68. The zero-order valence-corrected chi connectivity index (χ0v) is 16.5. The van der Waals surface area contributed by atoms with E-state index in [4.69, 9.17) is 0 Å². The fraction of sp³-hybridized carbons (Fsp3) is 0.429. The molecule has 8 heteroatoms. The number of aromatic nitrogens is 3. The van der Waals surface area contributed by atoms with Crippen molar-refractivity contribution in [3.8, 4) is 0 Å². The molecular formula is C21H24F3N5. The Morgan fingerprint density at radius 3 is 2.79 bits per heavy atom. The van der Waals surface area contributed by atoms with E-state index in [1.54, 1.807) is 0 Å². The fourth-order valence-corrected chi connectivity index (χ4v) is 4.17. The summed E-state index contributed by atoms with van der Waals surface area (Å²) < 4.78 is 41.1. The van der Waals surface area contributed by atoms with Crippen molar-refractivity contribution in [2.24, 2.45) is 7.05 Å². The summed E-state index contributed by atoms with van der Waals surface area (Å²) in [4.78, 5) is 11.7. The predicted molar refractivity (Wildman–Crippen MR) is 107 cm³/mol. The number of hydrogen-bond donors (Lipinski definition) is 0. The first kappa shape index (κ1) is 19.7. The number of benzene rings is 1. The minimum Gasteiger partial charge on any atom is -0.355 e. The van der Waals surface area contributed by atoms with Crippen molar-refractivity contribution in [1.29, 1.82) is 0 Å². The summed E-state index contributed by atoms with van der Waals surface area (Å²) in [6.45, 7) is 2.58. The molecule has 1 fully saturated rings. The predicted octanol–water partition coefficient (Wildman–Crippen LogP) is 4.09. The van der Waals surface area contributed by atoms with Gasteiger partial charge in [0.25, 0.3) is 0 Å². The van der Waals surface area contributed by atoms with E-state index in [-0.39, 0.29) is 6.04 Å². The molecule has 1 aliphatic rings. The lowest BCUT2D eigenvalue weighted by Crippen LogP contribution is -2.46. The van der Waals surface area contributed by atoms with Gasteiger partial charge < -0.3 is 9.47 Å². The first-order valence-electron chi connectivity index (χ1n) is 9.70. The summed E-state index contributed by atoms with van der Waals surface area (Å²) >= 11 is 0. The second-order valence-electron chi connectivity index (χ2n) is 7.68. The number of para-hydroxylation sites is 1. The van der Waals surface area contributed by atoms with Gasteiger partial charge in [0.2, 0.25) is 0 Å². The Bertz CT molecular complexity index is 997. The van der Waals surface area contributed by atoms with Crippen molar-refractivity contribution in [2.75, 3.05) is 25.0 Å². The van der Waals surface area contributed by atoms with Crippen LogP contribution in [0.15, 0.2) is 42.9 Å². The van der Waals surface area contributed by atoms with Gasteiger partial charge in [0.05, 0.1) is 0 Å². The normalized spacial score (nSPS) is 18.3. The molecule has 0 radical (unpaired) electrons. The van der Waals surface area contributed by atoms with Crippen LogP contribution in [0.1, 0.15) is 24.1 Å². The highest BCUT2D eigenvalue weighted by atomic mass is 19.4. The number of rotatable bonds is 4. The van der Waals surface area contributed by atoms with E-state index in [1.165, 1.54) is 16.5 Å². The zero-order chi connectivity index (χ0) is 20.6. The molecule has 154 valence electrons. The number of fused-ring (bicyclic) bond motifs is 1. The summed E-state index contributed by atoms with van der Waals surface area (Å²) in [6.07, 6.45) is 0.611. The number of piperidine rings is 1. The lowest BCUT2D eigenvalue weighted by Gasteiger charge is -2.38. The molecule has 0 saturated carbocycles. The van der Waals surface area contributed by atoms with Gasteiger partial charge in [-0.3, -0.25) is 4.90 Å². The molecule has 3 aromatic rings. The highest BCUT2D eigenvalue weighted by Gasteiger charge is 2.34. The van der Waals surface area contributed by atoms with Crippen LogP contribution < -0.4 is 4.90 Å². The average Bonchev–Trinajstić information content (AvgIpc) is 3.03. The van der Waals surface area contributed by atoms with E-state index in [1.807, 2.05) is 31.1 Å². The van der Waals surface area contributed by atoms with Gasteiger partial charge in [0.15, 0.2) is 0 Å². The molecule has 0 bridgehead atoms. The monoisotopic (exact) mass is 403 g/mol. The molecule has 1 aromatic carbocycles. The largest absolute Gasteiger partial charge is 0.433 e. The minimum atomic E-state index is -4.47. The molecular weight excluding hydrogens is 379 g/mol. The van der Waals surface area contributed by atoms with Gasteiger partial charge >= 0.3 is 6.18 Å². The number of likely N-dealkylation sites (N-methyl/N-ethyl adjacent to an activating group) is 1. The minimum absolute atomic E-state index is 0.106. The molecule has 5 nitrogen and oxygen atoms in total. The zero-order valence-electron chi connectivity index (χ0n) is 16.5. The number of hydrogen-bond acceptors (Lipinski definition) is 4. The number of aryl methyl sites for hydroxylation is 1. The molecule has 1 atom stereocenters. The third-order valence-corrected chi connectivity index (χ3v) is 5.71. The maximum atomic E-state index is 13.0. The van der Waals surface area contributed by atoms with Crippen LogP contribution in [0.5, 0.6) is 0 Å². The summed E-state index contributed by atoms with van der Waals surface area (Å²) in [6, 6.07) is 9.47. The summed E-state index contributed by atoms with van der Waals surface area (Å²) in [7, 11) is 3.86. The van der Waals surface area contributed by atoms with Crippen LogP contribution in [-0.4, -0.2) is 45.6 Å². The van der Waals surface area contributed by atoms with E-state index >= 15 is 0 Å². The van der Waals surface area contributed by atoms with E-state index in [9.17, 15) is 13.2 Å². The molecule has 2 aromatic heterocycles. The summed E-state index contributed by atoms with van der Waals surface area (Å²) in [5.41, 5.74) is 1.57. The third kappa shape index (κ3) is 4.07. The van der Waals surface area contributed by atoms with Crippen molar-refractivity contribution in [3.05, 3.63) is 54.1 Å². The van der Waals surface area contributed by atoms with Crippen LogP contribution in [0, 0.1) is 0 Å². The highest BCUT2D eigenvalue weighted by Crippen LogP contribution is 2.30. The van der Waals surface area contributed by atoms with Crippen LogP contribution in [0.25, 0.3) is 10.9 Å². The molecule has 3 heterocycles. The first-order chi connectivity index (χ1) is 13.8. The molecule has 1 unspecified atom stereocenters. The Morgan fingerprint density at radius 1 is 1.21 bits per heavy atom. The van der Waals surface area contributed by atoms with Crippen LogP contribution >= 0.6 is 0 Å². The van der Waals surface area contributed by atoms with Gasteiger partial charge in [0, 0.05) is 56.4 Å². The molecule has 0 amide bonds. The maximum absolute atomic E-state index is 13.0. The van der Waals surface area contributed by atoms with Crippen LogP contribution in [0.4, 0.5) is 19.0 Å². The van der Waals surface area contributed by atoms with Crippen molar-refractivity contribution < 1.29 is 13.2 Å². The van der Waals surface area contributed by atoms with Crippen LogP contribution in [0.3, 0.4) is 0 Å².